The lowest BCUT2D eigenvalue weighted by Crippen LogP contribution is -2.17. The molecule has 0 aliphatic carbocycles. The molecule has 0 saturated carbocycles. The first-order chi connectivity index (χ1) is 14.5. The summed E-state index contributed by atoms with van der Waals surface area (Å²) in [6.45, 7) is 12.8. The smallest absolute Gasteiger partial charge is 0.226 e. The van der Waals surface area contributed by atoms with Crippen LogP contribution in [-0.4, -0.2) is 28.0 Å². The molecule has 164 valence electrons. The summed E-state index contributed by atoms with van der Waals surface area (Å²) in [5, 5.41) is 10.9. The van der Waals surface area contributed by atoms with Crippen molar-refractivity contribution in [3.63, 3.8) is 0 Å². The fourth-order valence-corrected chi connectivity index (χ4v) is 3.26. The molecule has 0 unspecified atom stereocenters. The van der Waals surface area contributed by atoms with E-state index < -0.39 is 0 Å². The maximum atomic E-state index is 10.9. The monoisotopic (exact) mass is 422 g/mol. The molecule has 2 aromatic heterocycles. The Hall–Kier alpha value is -3.15. The molecule has 0 saturated heterocycles. The van der Waals surface area contributed by atoms with Gasteiger partial charge in [0.25, 0.3) is 0 Å². The zero-order valence-corrected chi connectivity index (χ0v) is 19.0. The standard InChI is InChI=1S/C25H30N2O4/c1-24(2,3)19-11-17(12-20(22(19)29)25(4,5)6)23-27-18(15-31-23)9-10-30-21-8-7-16(14-28)13-26-21/h7-8,11-15,29H,9-10H2,1-6H3. The van der Waals surface area contributed by atoms with E-state index in [1.807, 2.05) is 12.1 Å². The highest BCUT2D eigenvalue weighted by Crippen LogP contribution is 2.41. The number of carbonyl (C=O) groups is 1. The van der Waals surface area contributed by atoms with E-state index in [9.17, 15) is 9.90 Å². The number of aromatic hydroxyl groups is 1. The maximum Gasteiger partial charge on any atom is 0.226 e. The largest absolute Gasteiger partial charge is 0.507 e. The van der Waals surface area contributed by atoms with Crippen LogP contribution in [0.2, 0.25) is 0 Å². The number of aldehydes is 1. The van der Waals surface area contributed by atoms with Crippen LogP contribution in [0.25, 0.3) is 11.5 Å². The Kier molecular flexibility index (Phi) is 6.20. The van der Waals surface area contributed by atoms with E-state index in [-0.39, 0.29) is 10.8 Å². The quantitative estimate of drug-likeness (QED) is 0.530. The first-order valence-electron chi connectivity index (χ1n) is 10.4. The zero-order chi connectivity index (χ0) is 22.8. The van der Waals surface area contributed by atoms with Crippen LogP contribution in [0.4, 0.5) is 0 Å². The number of benzene rings is 1. The molecular weight excluding hydrogens is 392 g/mol. The second-order valence-corrected chi connectivity index (χ2v) is 9.71. The third kappa shape index (κ3) is 5.32. The van der Waals surface area contributed by atoms with Crippen molar-refractivity contribution in [2.24, 2.45) is 0 Å². The molecule has 0 spiro atoms. The lowest BCUT2D eigenvalue weighted by molar-refractivity contribution is 0.112. The van der Waals surface area contributed by atoms with Gasteiger partial charge in [-0.25, -0.2) is 9.97 Å². The lowest BCUT2D eigenvalue weighted by atomic mass is 9.78. The van der Waals surface area contributed by atoms with E-state index in [4.69, 9.17) is 9.15 Å². The second kappa shape index (κ2) is 8.53. The first kappa shape index (κ1) is 22.5. The van der Waals surface area contributed by atoms with Gasteiger partial charge in [0.2, 0.25) is 11.8 Å². The van der Waals surface area contributed by atoms with Crippen molar-refractivity contribution in [1.29, 1.82) is 0 Å². The Morgan fingerprint density at radius 2 is 1.71 bits per heavy atom. The molecule has 0 atom stereocenters. The van der Waals surface area contributed by atoms with Crippen LogP contribution in [0.1, 0.15) is 68.7 Å². The molecule has 1 aromatic carbocycles. The van der Waals surface area contributed by atoms with Gasteiger partial charge in [0.15, 0.2) is 6.29 Å². The minimum absolute atomic E-state index is 0.226. The van der Waals surface area contributed by atoms with Crippen LogP contribution in [0.15, 0.2) is 41.1 Å². The Morgan fingerprint density at radius 1 is 1.06 bits per heavy atom. The van der Waals surface area contributed by atoms with E-state index in [2.05, 4.69) is 51.5 Å². The SMILES string of the molecule is CC(C)(C)c1cc(-c2nc(CCOc3ccc(C=O)cn3)co2)cc(C(C)(C)C)c1O. The van der Waals surface area contributed by atoms with Gasteiger partial charge in [0.1, 0.15) is 12.0 Å². The molecule has 0 aliphatic rings. The Balaban J connectivity index is 1.80. The molecule has 2 heterocycles. The predicted octanol–water partition coefficient (Wildman–Crippen LogP) is 5.47. The summed E-state index contributed by atoms with van der Waals surface area (Å²) >= 11 is 0. The molecule has 3 rings (SSSR count). The van der Waals surface area contributed by atoms with E-state index in [1.54, 1.807) is 18.4 Å². The molecule has 0 fully saturated rings. The van der Waals surface area contributed by atoms with E-state index >= 15 is 0 Å². The van der Waals surface area contributed by atoms with Crippen LogP contribution in [0, 0.1) is 0 Å². The molecule has 3 aromatic rings. The number of aromatic nitrogens is 2. The fourth-order valence-electron chi connectivity index (χ4n) is 3.26. The van der Waals surface area contributed by atoms with Crippen molar-refractivity contribution in [3.05, 3.63) is 59.1 Å². The molecular formula is C25H30N2O4. The van der Waals surface area contributed by atoms with Crippen molar-refractivity contribution in [2.45, 2.75) is 58.8 Å². The highest BCUT2D eigenvalue weighted by molar-refractivity contribution is 5.74. The Labute approximate surface area is 183 Å². The van der Waals surface area contributed by atoms with Crippen LogP contribution >= 0.6 is 0 Å². The minimum Gasteiger partial charge on any atom is -0.507 e. The molecule has 6 heteroatoms. The fraction of sp³-hybridized carbons (Fsp3) is 0.400. The third-order valence-corrected chi connectivity index (χ3v) is 5.03. The summed E-state index contributed by atoms with van der Waals surface area (Å²) in [4.78, 5) is 19.4. The summed E-state index contributed by atoms with van der Waals surface area (Å²) in [7, 11) is 0. The molecule has 6 nitrogen and oxygen atoms in total. The highest BCUT2D eigenvalue weighted by Gasteiger charge is 2.27. The lowest BCUT2D eigenvalue weighted by Gasteiger charge is -2.27. The first-order valence-corrected chi connectivity index (χ1v) is 10.4. The highest BCUT2D eigenvalue weighted by atomic mass is 16.5. The number of rotatable bonds is 6. The van der Waals surface area contributed by atoms with Gasteiger partial charge >= 0.3 is 0 Å². The molecule has 0 bridgehead atoms. The third-order valence-electron chi connectivity index (χ3n) is 5.03. The van der Waals surface area contributed by atoms with Crippen LogP contribution < -0.4 is 4.74 Å². The Morgan fingerprint density at radius 3 is 2.23 bits per heavy atom. The van der Waals surface area contributed by atoms with Crippen LogP contribution in [0.5, 0.6) is 11.6 Å². The molecule has 31 heavy (non-hydrogen) atoms. The summed E-state index contributed by atoms with van der Waals surface area (Å²) in [5.41, 5.74) is 3.39. The van der Waals surface area contributed by atoms with Gasteiger partial charge in [-0.3, -0.25) is 4.79 Å². The van der Waals surface area contributed by atoms with E-state index in [0.29, 0.717) is 36.1 Å². The van der Waals surface area contributed by atoms with Gasteiger partial charge in [0.05, 0.1) is 12.3 Å². The summed E-state index contributed by atoms with van der Waals surface area (Å²) in [5.74, 6) is 1.30. The number of ether oxygens (including phenoxy) is 1. The predicted molar refractivity (Wildman–Crippen MR) is 120 cm³/mol. The van der Waals surface area contributed by atoms with Crippen molar-refractivity contribution < 1.29 is 19.1 Å². The molecule has 0 radical (unpaired) electrons. The van der Waals surface area contributed by atoms with Crippen molar-refractivity contribution in [2.75, 3.05) is 6.61 Å². The number of phenolic OH excluding ortho intramolecular Hbond substituents is 1. The van der Waals surface area contributed by atoms with Crippen LogP contribution in [0.3, 0.4) is 0 Å². The van der Waals surface area contributed by atoms with Gasteiger partial charge in [-0.15, -0.1) is 0 Å². The zero-order valence-electron chi connectivity index (χ0n) is 19.0. The number of pyridine rings is 1. The van der Waals surface area contributed by atoms with Gasteiger partial charge < -0.3 is 14.3 Å². The molecule has 0 aliphatic heterocycles. The number of oxazole rings is 1. The minimum atomic E-state index is -0.226. The number of nitrogens with zero attached hydrogens (tertiary/aromatic N) is 2. The average molecular weight is 423 g/mol. The molecule has 0 amide bonds. The van der Waals surface area contributed by atoms with Gasteiger partial charge in [-0.1, -0.05) is 41.5 Å². The maximum absolute atomic E-state index is 10.9. The molecule has 1 N–H and O–H groups in total. The van der Waals surface area contributed by atoms with Crippen molar-refractivity contribution in [3.8, 4) is 23.1 Å². The summed E-state index contributed by atoms with van der Waals surface area (Å²) in [6.07, 6.45) is 4.40. The van der Waals surface area contributed by atoms with Gasteiger partial charge in [-0.2, -0.15) is 0 Å². The van der Waals surface area contributed by atoms with Crippen LogP contribution in [-0.2, 0) is 17.3 Å². The number of phenols is 1. The number of hydrogen-bond acceptors (Lipinski definition) is 6. The van der Waals surface area contributed by atoms with E-state index in [1.165, 1.54) is 6.20 Å². The average Bonchev–Trinajstić information content (AvgIpc) is 3.16. The van der Waals surface area contributed by atoms with Crippen molar-refractivity contribution >= 4 is 6.29 Å². The normalized spacial score (nSPS) is 12.1. The second-order valence-electron chi connectivity index (χ2n) is 9.71. The van der Waals surface area contributed by atoms with Gasteiger partial charge in [-0.05, 0) is 29.0 Å². The Bertz CT molecular complexity index is 1020. The summed E-state index contributed by atoms with van der Waals surface area (Å²) in [6, 6.07) is 7.23. The van der Waals surface area contributed by atoms with Gasteiger partial charge in [0, 0.05) is 40.9 Å². The summed E-state index contributed by atoms with van der Waals surface area (Å²) < 4.78 is 11.4. The number of hydrogen-bond donors (Lipinski definition) is 1. The number of carbonyl (C=O) groups excluding carboxylic acids is 1. The van der Waals surface area contributed by atoms with E-state index in [0.717, 1.165) is 28.7 Å². The topological polar surface area (TPSA) is 85.5 Å². The van der Waals surface area contributed by atoms with Crippen molar-refractivity contribution in [1.82, 2.24) is 9.97 Å².